The number of benzene rings is 2. The van der Waals surface area contributed by atoms with E-state index >= 15 is 0 Å². The SMILES string of the molecule is NP12(Oc3ccccc3O1)Oc1ccccc1O2. The van der Waals surface area contributed by atoms with Gasteiger partial charge < -0.3 is 0 Å². The quantitative estimate of drug-likeness (QED) is 0.740. The van der Waals surface area contributed by atoms with Gasteiger partial charge in [0.2, 0.25) is 0 Å². The second-order valence-corrected chi connectivity index (χ2v) is 6.60. The van der Waals surface area contributed by atoms with Gasteiger partial charge >= 0.3 is 103 Å². The van der Waals surface area contributed by atoms with Gasteiger partial charge in [-0.25, -0.2) is 0 Å². The third-order valence-corrected chi connectivity index (χ3v) is 4.85. The van der Waals surface area contributed by atoms with Crippen LogP contribution in [0.5, 0.6) is 23.0 Å². The zero-order valence-corrected chi connectivity index (χ0v) is 10.2. The molecule has 2 aliphatic rings. The van der Waals surface area contributed by atoms with E-state index < -0.39 is 7.66 Å². The van der Waals surface area contributed by atoms with Crippen LogP contribution in [0.15, 0.2) is 48.5 Å². The number of hydrogen-bond donors (Lipinski definition) is 1. The van der Waals surface area contributed by atoms with Gasteiger partial charge in [0.05, 0.1) is 0 Å². The predicted molar refractivity (Wildman–Crippen MR) is 66.5 cm³/mol. The molecular weight excluding hydrogens is 253 g/mol. The first kappa shape index (κ1) is 10.00. The van der Waals surface area contributed by atoms with Gasteiger partial charge in [0, 0.05) is 0 Å². The summed E-state index contributed by atoms with van der Waals surface area (Å²) in [6.45, 7) is 0. The molecule has 6 heteroatoms. The summed E-state index contributed by atoms with van der Waals surface area (Å²) in [6, 6.07) is 14.4. The summed E-state index contributed by atoms with van der Waals surface area (Å²) in [5.41, 5.74) is 6.19. The molecule has 0 aromatic heterocycles. The molecule has 5 nitrogen and oxygen atoms in total. The second-order valence-electron chi connectivity index (χ2n) is 4.13. The molecular formula is C12H10NO4P. The topological polar surface area (TPSA) is 62.9 Å². The van der Waals surface area contributed by atoms with Crippen molar-refractivity contribution in [3.63, 3.8) is 0 Å². The van der Waals surface area contributed by atoms with Crippen LogP contribution in [0.25, 0.3) is 0 Å². The summed E-state index contributed by atoms with van der Waals surface area (Å²) in [5.74, 6) is 2.13. The molecule has 0 atom stereocenters. The van der Waals surface area contributed by atoms with Gasteiger partial charge in [-0.05, 0) is 0 Å². The summed E-state index contributed by atoms with van der Waals surface area (Å²) in [4.78, 5) is 0. The molecule has 0 amide bonds. The molecule has 2 aliphatic heterocycles. The zero-order chi connectivity index (χ0) is 12.2. The van der Waals surface area contributed by atoms with E-state index in [9.17, 15) is 0 Å². The Bertz CT molecular complexity index is 547. The molecule has 2 aromatic carbocycles. The van der Waals surface area contributed by atoms with E-state index in [0.717, 1.165) is 0 Å². The Kier molecular flexibility index (Phi) is 1.60. The molecule has 2 heterocycles. The van der Waals surface area contributed by atoms with Crippen molar-refractivity contribution < 1.29 is 18.1 Å². The van der Waals surface area contributed by atoms with E-state index in [4.69, 9.17) is 23.6 Å². The Labute approximate surface area is 103 Å². The molecule has 4 rings (SSSR count). The normalized spacial score (nSPS) is 22.4. The number of fused-ring (bicyclic) bond motifs is 2. The van der Waals surface area contributed by atoms with Crippen molar-refractivity contribution in [1.29, 1.82) is 0 Å². The summed E-state index contributed by atoms with van der Waals surface area (Å²) in [6.07, 6.45) is 0. The van der Waals surface area contributed by atoms with Gasteiger partial charge in [0.15, 0.2) is 0 Å². The fourth-order valence-corrected chi connectivity index (χ4v) is 4.27. The van der Waals surface area contributed by atoms with Crippen molar-refractivity contribution in [2.75, 3.05) is 0 Å². The van der Waals surface area contributed by atoms with Crippen LogP contribution in [0.3, 0.4) is 0 Å². The first-order chi connectivity index (χ1) is 8.64. The zero-order valence-electron chi connectivity index (χ0n) is 9.28. The van der Waals surface area contributed by atoms with Crippen molar-refractivity contribution in [1.82, 2.24) is 0 Å². The van der Waals surface area contributed by atoms with Crippen molar-refractivity contribution in [2.45, 2.75) is 0 Å². The molecule has 2 aromatic rings. The predicted octanol–water partition coefficient (Wildman–Crippen LogP) is 3.02. The summed E-state index contributed by atoms with van der Waals surface area (Å²) in [5, 5.41) is 0. The monoisotopic (exact) mass is 263 g/mol. The summed E-state index contributed by atoms with van der Waals surface area (Å²) < 4.78 is 22.7. The van der Waals surface area contributed by atoms with E-state index in [1.54, 1.807) is 24.3 Å². The molecule has 18 heavy (non-hydrogen) atoms. The van der Waals surface area contributed by atoms with Gasteiger partial charge in [0.25, 0.3) is 0 Å². The van der Waals surface area contributed by atoms with Crippen LogP contribution in [0.1, 0.15) is 0 Å². The van der Waals surface area contributed by atoms with Crippen LogP contribution in [0.2, 0.25) is 0 Å². The Morgan fingerprint density at radius 3 is 1.17 bits per heavy atom. The standard InChI is InChI=1S/C12H10NO4P/c13-18(14-9-5-1-2-6-10(9)15-18)16-11-7-3-4-8-12(11)17-18/h1-8H,13H2. The van der Waals surface area contributed by atoms with E-state index in [1.807, 2.05) is 24.3 Å². The van der Waals surface area contributed by atoms with Crippen LogP contribution < -0.4 is 23.6 Å². The van der Waals surface area contributed by atoms with Gasteiger partial charge in [-0.3, -0.25) is 0 Å². The van der Waals surface area contributed by atoms with Crippen molar-refractivity contribution in [2.24, 2.45) is 5.50 Å². The molecule has 0 bridgehead atoms. The van der Waals surface area contributed by atoms with Crippen molar-refractivity contribution in [3.05, 3.63) is 48.5 Å². The average Bonchev–Trinajstić information content (AvgIpc) is 2.81. The van der Waals surface area contributed by atoms with E-state index in [1.165, 1.54) is 0 Å². The third kappa shape index (κ3) is 1.23. The molecule has 92 valence electrons. The van der Waals surface area contributed by atoms with Crippen LogP contribution in [0.4, 0.5) is 0 Å². The molecule has 1 spiro atoms. The number of rotatable bonds is 0. The maximum absolute atomic E-state index is 6.19. The molecule has 0 radical (unpaired) electrons. The average molecular weight is 263 g/mol. The van der Waals surface area contributed by atoms with Gasteiger partial charge in [-0.2, -0.15) is 0 Å². The Hall–Kier alpha value is -1.97. The molecule has 2 N–H and O–H groups in total. The molecule has 0 aliphatic carbocycles. The van der Waals surface area contributed by atoms with E-state index in [0.29, 0.717) is 23.0 Å². The third-order valence-electron chi connectivity index (χ3n) is 2.75. The molecule has 0 fully saturated rings. The fraction of sp³-hybridized carbons (Fsp3) is 0. The first-order valence-electron chi connectivity index (χ1n) is 5.46. The van der Waals surface area contributed by atoms with Gasteiger partial charge in [-0.15, -0.1) is 0 Å². The molecule has 0 saturated carbocycles. The van der Waals surface area contributed by atoms with E-state index in [2.05, 4.69) is 0 Å². The summed E-state index contributed by atoms with van der Waals surface area (Å²) in [7, 11) is -4.06. The van der Waals surface area contributed by atoms with Gasteiger partial charge in [-0.1, -0.05) is 0 Å². The van der Waals surface area contributed by atoms with Crippen LogP contribution in [-0.2, 0) is 0 Å². The minimum atomic E-state index is -4.06. The van der Waals surface area contributed by atoms with Gasteiger partial charge in [0.1, 0.15) is 0 Å². The van der Waals surface area contributed by atoms with Crippen LogP contribution in [-0.4, -0.2) is 0 Å². The van der Waals surface area contributed by atoms with Crippen molar-refractivity contribution >= 4 is 7.66 Å². The Morgan fingerprint density at radius 2 is 0.889 bits per heavy atom. The van der Waals surface area contributed by atoms with Crippen LogP contribution >= 0.6 is 7.66 Å². The Balaban J connectivity index is 1.80. The number of nitrogens with two attached hydrogens (primary N) is 1. The number of hydrogen-bond acceptors (Lipinski definition) is 5. The van der Waals surface area contributed by atoms with Crippen molar-refractivity contribution in [3.8, 4) is 23.0 Å². The molecule has 0 unspecified atom stereocenters. The fourth-order valence-electron chi connectivity index (χ4n) is 2.02. The Morgan fingerprint density at radius 1 is 0.611 bits per heavy atom. The second kappa shape index (κ2) is 2.88. The molecule has 0 saturated heterocycles. The first-order valence-corrected chi connectivity index (χ1v) is 7.44. The van der Waals surface area contributed by atoms with Crippen LogP contribution in [0, 0.1) is 0 Å². The summed E-state index contributed by atoms with van der Waals surface area (Å²) >= 11 is 0. The van der Waals surface area contributed by atoms with E-state index in [-0.39, 0.29) is 0 Å². The number of para-hydroxylation sites is 4. The maximum atomic E-state index is 6.19. The minimum absolute atomic E-state index is 0.533.